The summed E-state index contributed by atoms with van der Waals surface area (Å²) in [6.45, 7) is 5.42. The van der Waals surface area contributed by atoms with Crippen molar-refractivity contribution < 1.29 is 4.79 Å². The van der Waals surface area contributed by atoms with Gasteiger partial charge in [-0.3, -0.25) is 9.78 Å². The molecular formula is C27H28N4O. The highest BCUT2D eigenvalue weighted by Gasteiger charge is 2.29. The summed E-state index contributed by atoms with van der Waals surface area (Å²) in [5, 5.41) is 10.0. The van der Waals surface area contributed by atoms with Crippen molar-refractivity contribution in [3.05, 3.63) is 70.9 Å². The number of para-hydroxylation sites is 1. The molecule has 0 N–H and O–H groups in total. The van der Waals surface area contributed by atoms with Crippen LogP contribution in [0.3, 0.4) is 0 Å². The van der Waals surface area contributed by atoms with E-state index in [9.17, 15) is 4.79 Å². The Labute approximate surface area is 189 Å². The highest BCUT2D eigenvalue weighted by molar-refractivity contribution is 6.07. The van der Waals surface area contributed by atoms with Crippen LogP contribution in [0.4, 0.5) is 5.69 Å². The number of hydrogen-bond acceptors (Lipinski definition) is 4. The van der Waals surface area contributed by atoms with Crippen molar-refractivity contribution in [2.45, 2.75) is 32.6 Å². The highest BCUT2D eigenvalue weighted by atomic mass is 16.2. The van der Waals surface area contributed by atoms with E-state index in [1.54, 1.807) is 0 Å². The zero-order valence-electron chi connectivity index (χ0n) is 18.6. The first-order valence-corrected chi connectivity index (χ1v) is 11.6. The smallest absolute Gasteiger partial charge is 0.254 e. The van der Waals surface area contributed by atoms with Gasteiger partial charge in [0, 0.05) is 42.9 Å². The Hall–Kier alpha value is -3.39. The summed E-state index contributed by atoms with van der Waals surface area (Å²) >= 11 is 0. The van der Waals surface area contributed by atoms with Crippen molar-refractivity contribution in [3.63, 3.8) is 0 Å². The third kappa shape index (κ3) is 3.82. The van der Waals surface area contributed by atoms with Crippen LogP contribution >= 0.6 is 0 Å². The Balaban J connectivity index is 1.44. The lowest BCUT2D eigenvalue weighted by molar-refractivity contribution is 0.0767. The molecule has 0 saturated carbocycles. The number of anilines is 1. The summed E-state index contributed by atoms with van der Waals surface area (Å²) in [4.78, 5) is 23.2. The third-order valence-electron chi connectivity index (χ3n) is 6.86. The van der Waals surface area contributed by atoms with Gasteiger partial charge in [0.1, 0.15) is 0 Å². The van der Waals surface area contributed by atoms with E-state index in [2.05, 4.69) is 24.0 Å². The largest absolute Gasteiger partial charge is 0.370 e. The molecule has 5 nitrogen and oxygen atoms in total. The van der Waals surface area contributed by atoms with Crippen LogP contribution in [0.2, 0.25) is 0 Å². The number of hydrogen-bond donors (Lipinski definition) is 0. The average molecular weight is 425 g/mol. The maximum Gasteiger partial charge on any atom is 0.254 e. The summed E-state index contributed by atoms with van der Waals surface area (Å²) in [6.07, 6.45) is 3.94. The van der Waals surface area contributed by atoms with Crippen LogP contribution in [0.25, 0.3) is 10.9 Å². The fraction of sp³-hybridized carbons (Fsp3) is 0.370. The van der Waals surface area contributed by atoms with Crippen LogP contribution in [0.15, 0.2) is 48.5 Å². The second-order valence-electron chi connectivity index (χ2n) is 9.07. The molecule has 2 heterocycles. The topological polar surface area (TPSA) is 60.2 Å². The normalized spacial score (nSPS) is 18.7. The van der Waals surface area contributed by atoms with Crippen molar-refractivity contribution in [2.75, 3.05) is 31.1 Å². The van der Waals surface area contributed by atoms with Crippen molar-refractivity contribution in [2.24, 2.45) is 5.92 Å². The van der Waals surface area contributed by atoms with E-state index in [-0.39, 0.29) is 5.91 Å². The number of nitrogens with zero attached hydrogens (tertiary/aromatic N) is 4. The Kier molecular flexibility index (Phi) is 5.53. The monoisotopic (exact) mass is 424 g/mol. The minimum absolute atomic E-state index is 0.149. The highest BCUT2D eigenvalue weighted by Crippen LogP contribution is 2.32. The van der Waals surface area contributed by atoms with Gasteiger partial charge in [0.15, 0.2) is 0 Å². The van der Waals surface area contributed by atoms with Gasteiger partial charge >= 0.3 is 0 Å². The lowest BCUT2D eigenvalue weighted by Crippen LogP contribution is -2.36. The molecule has 1 saturated heterocycles. The number of benzene rings is 2. The third-order valence-corrected chi connectivity index (χ3v) is 6.86. The second kappa shape index (κ2) is 8.63. The van der Waals surface area contributed by atoms with Crippen LogP contribution in [0.1, 0.15) is 46.9 Å². The van der Waals surface area contributed by atoms with Gasteiger partial charge in [0.2, 0.25) is 0 Å². The van der Waals surface area contributed by atoms with E-state index in [0.717, 1.165) is 73.2 Å². The summed E-state index contributed by atoms with van der Waals surface area (Å²) in [5.74, 6) is 0.726. The Morgan fingerprint density at radius 3 is 2.69 bits per heavy atom. The van der Waals surface area contributed by atoms with Gasteiger partial charge in [-0.2, -0.15) is 5.26 Å². The lowest BCUT2D eigenvalue weighted by Gasteiger charge is -2.28. The quantitative estimate of drug-likeness (QED) is 0.604. The lowest BCUT2D eigenvalue weighted by atomic mass is 9.83. The minimum atomic E-state index is 0.149. The molecule has 5 heteroatoms. The molecule has 1 unspecified atom stereocenters. The summed E-state index contributed by atoms with van der Waals surface area (Å²) in [5.41, 5.74) is 5.87. The molecule has 1 aromatic heterocycles. The zero-order chi connectivity index (χ0) is 22.1. The van der Waals surface area contributed by atoms with Gasteiger partial charge in [-0.05, 0) is 67.5 Å². The molecule has 0 radical (unpaired) electrons. The zero-order valence-corrected chi connectivity index (χ0v) is 18.6. The van der Waals surface area contributed by atoms with E-state index >= 15 is 0 Å². The van der Waals surface area contributed by atoms with Crippen LogP contribution in [-0.4, -0.2) is 42.0 Å². The predicted octanol–water partition coefficient (Wildman–Crippen LogP) is 4.58. The van der Waals surface area contributed by atoms with Crippen molar-refractivity contribution in [1.29, 1.82) is 5.26 Å². The molecule has 2 aromatic carbocycles. The van der Waals surface area contributed by atoms with E-state index in [1.807, 2.05) is 47.4 Å². The number of aryl methyl sites for hydroxylation is 1. The number of amides is 1. The van der Waals surface area contributed by atoms with E-state index in [1.165, 1.54) is 5.56 Å². The molecule has 0 spiro atoms. The summed E-state index contributed by atoms with van der Waals surface area (Å²) < 4.78 is 0. The maximum atomic E-state index is 13.9. The predicted molar refractivity (Wildman–Crippen MR) is 127 cm³/mol. The number of nitriles is 1. The Morgan fingerprint density at radius 1 is 1.06 bits per heavy atom. The number of fused-ring (bicyclic) bond motifs is 2. The molecular weight excluding hydrogens is 396 g/mol. The first-order valence-electron chi connectivity index (χ1n) is 11.6. The van der Waals surface area contributed by atoms with Crippen molar-refractivity contribution in [1.82, 2.24) is 9.88 Å². The molecule has 1 aliphatic carbocycles. The van der Waals surface area contributed by atoms with Crippen LogP contribution in [-0.2, 0) is 12.8 Å². The van der Waals surface area contributed by atoms with Crippen LogP contribution in [0.5, 0.6) is 0 Å². The van der Waals surface area contributed by atoms with Gasteiger partial charge < -0.3 is 9.80 Å². The molecule has 1 amide bonds. The van der Waals surface area contributed by atoms with Gasteiger partial charge in [0.05, 0.1) is 22.7 Å². The molecule has 1 fully saturated rings. The molecule has 2 aliphatic rings. The molecule has 5 rings (SSSR count). The van der Waals surface area contributed by atoms with Crippen LogP contribution in [0, 0.1) is 17.2 Å². The fourth-order valence-corrected chi connectivity index (χ4v) is 5.09. The maximum absolute atomic E-state index is 13.9. The van der Waals surface area contributed by atoms with Crippen molar-refractivity contribution >= 4 is 22.5 Å². The number of aromatic nitrogens is 1. The van der Waals surface area contributed by atoms with Crippen molar-refractivity contribution in [3.8, 4) is 6.07 Å². The van der Waals surface area contributed by atoms with Gasteiger partial charge in [-0.25, -0.2) is 0 Å². The molecule has 3 aromatic rings. The minimum Gasteiger partial charge on any atom is -0.370 e. The Morgan fingerprint density at radius 2 is 1.88 bits per heavy atom. The van der Waals surface area contributed by atoms with Gasteiger partial charge in [-0.15, -0.1) is 0 Å². The summed E-state index contributed by atoms with van der Waals surface area (Å²) in [7, 11) is 0. The molecule has 1 aliphatic heterocycles. The first kappa shape index (κ1) is 20.5. The number of pyridine rings is 1. The van der Waals surface area contributed by atoms with Crippen LogP contribution < -0.4 is 4.90 Å². The van der Waals surface area contributed by atoms with E-state index < -0.39 is 0 Å². The SMILES string of the molecule is CC1CCc2nc3ccccc3c(C(=O)N3CCCN(c4ccc(C#N)cc4)CC3)c2C1. The van der Waals surface area contributed by atoms with Gasteiger partial charge in [-0.1, -0.05) is 25.1 Å². The van der Waals surface area contributed by atoms with E-state index in [0.29, 0.717) is 18.0 Å². The molecule has 1 atom stereocenters. The molecule has 0 bridgehead atoms. The average Bonchev–Trinajstić information content (AvgIpc) is 3.09. The van der Waals surface area contributed by atoms with Gasteiger partial charge in [0.25, 0.3) is 5.91 Å². The molecule has 32 heavy (non-hydrogen) atoms. The number of carbonyl (C=O) groups is 1. The fourth-order valence-electron chi connectivity index (χ4n) is 5.09. The standard InChI is InChI=1S/C27H28N4O/c1-19-7-12-25-23(17-19)26(22-5-2-3-6-24(22)29-25)27(32)31-14-4-13-30(15-16-31)21-10-8-20(18-28)9-11-21/h2-3,5-6,8-11,19H,4,7,12-17H2,1H3. The number of carbonyl (C=O) groups excluding carboxylic acids is 1. The first-order chi connectivity index (χ1) is 15.6. The number of rotatable bonds is 2. The summed E-state index contributed by atoms with van der Waals surface area (Å²) in [6, 6.07) is 18.0. The Bertz CT molecular complexity index is 1190. The second-order valence-corrected chi connectivity index (χ2v) is 9.07. The molecule has 162 valence electrons. The van der Waals surface area contributed by atoms with E-state index in [4.69, 9.17) is 10.2 Å².